The third kappa shape index (κ3) is 4.49. The summed E-state index contributed by atoms with van der Waals surface area (Å²) in [4.78, 5) is 14.4. The molecule has 128 valence electrons. The van der Waals surface area contributed by atoms with Gasteiger partial charge >= 0.3 is 0 Å². The highest BCUT2D eigenvalue weighted by molar-refractivity contribution is 5.95. The number of para-hydroxylation sites is 2. The summed E-state index contributed by atoms with van der Waals surface area (Å²) in [5.74, 6) is 0.320. The maximum Gasteiger partial charge on any atom is 0.262 e. The Hall–Kier alpha value is -3.04. The second kappa shape index (κ2) is 8.18. The summed E-state index contributed by atoms with van der Waals surface area (Å²) in [7, 11) is 0. The molecule has 0 radical (unpaired) electrons. The van der Waals surface area contributed by atoms with Gasteiger partial charge in [-0.3, -0.25) is 4.79 Å². The number of hydrogen-bond donors (Lipinski definition) is 1. The predicted octanol–water partition coefficient (Wildman–Crippen LogP) is 2.41. The zero-order chi connectivity index (χ0) is 17.5. The SMILES string of the molecule is N#Cc1ccc(OCC(=O)Nc2ccccc2N2CCOCC2)cc1. The molecule has 2 aromatic carbocycles. The van der Waals surface area contributed by atoms with Crippen molar-refractivity contribution >= 4 is 17.3 Å². The summed E-state index contributed by atoms with van der Waals surface area (Å²) < 4.78 is 10.8. The van der Waals surface area contributed by atoms with Gasteiger partial charge < -0.3 is 19.7 Å². The number of nitrogens with zero attached hydrogens (tertiary/aromatic N) is 2. The third-order valence-corrected chi connectivity index (χ3v) is 3.88. The fraction of sp³-hybridized carbons (Fsp3) is 0.263. The molecule has 1 saturated heterocycles. The summed E-state index contributed by atoms with van der Waals surface area (Å²) in [6, 6.07) is 16.4. The predicted molar refractivity (Wildman–Crippen MR) is 94.8 cm³/mol. The number of benzene rings is 2. The third-order valence-electron chi connectivity index (χ3n) is 3.88. The van der Waals surface area contributed by atoms with Gasteiger partial charge in [0.2, 0.25) is 0 Å². The Balaban J connectivity index is 1.60. The molecule has 0 aromatic heterocycles. The van der Waals surface area contributed by atoms with E-state index < -0.39 is 0 Å². The monoisotopic (exact) mass is 337 g/mol. The zero-order valence-corrected chi connectivity index (χ0v) is 13.8. The molecule has 0 bridgehead atoms. The summed E-state index contributed by atoms with van der Waals surface area (Å²) in [6.45, 7) is 2.88. The summed E-state index contributed by atoms with van der Waals surface area (Å²) >= 11 is 0. The van der Waals surface area contributed by atoms with Crippen molar-refractivity contribution in [1.82, 2.24) is 0 Å². The lowest BCUT2D eigenvalue weighted by molar-refractivity contribution is -0.118. The number of nitrogens with one attached hydrogen (secondary N) is 1. The summed E-state index contributed by atoms with van der Waals surface area (Å²) in [5.41, 5.74) is 2.30. The van der Waals surface area contributed by atoms with E-state index in [9.17, 15) is 4.79 Å². The van der Waals surface area contributed by atoms with Gasteiger partial charge in [-0.15, -0.1) is 0 Å². The number of morpholine rings is 1. The van der Waals surface area contributed by atoms with Crippen molar-refractivity contribution in [3.63, 3.8) is 0 Å². The van der Waals surface area contributed by atoms with E-state index >= 15 is 0 Å². The first kappa shape index (κ1) is 16.8. The molecule has 0 saturated carbocycles. The van der Waals surface area contributed by atoms with Crippen LogP contribution in [0, 0.1) is 11.3 Å². The van der Waals surface area contributed by atoms with Gasteiger partial charge in [-0.2, -0.15) is 5.26 Å². The second-order valence-electron chi connectivity index (χ2n) is 5.59. The number of carbonyl (C=O) groups is 1. The molecule has 0 atom stereocenters. The minimum Gasteiger partial charge on any atom is -0.484 e. The smallest absolute Gasteiger partial charge is 0.262 e. The summed E-state index contributed by atoms with van der Waals surface area (Å²) in [5, 5.41) is 11.7. The molecule has 1 heterocycles. The average Bonchev–Trinajstić information content (AvgIpc) is 2.68. The van der Waals surface area contributed by atoms with E-state index in [1.54, 1.807) is 24.3 Å². The molecule has 6 nitrogen and oxygen atoms in total. The second-order valence-corrected chi connectivity index (χ2v) is 5.59. The molecule has 1 amide bonds. The number of amides is 1. The van der Waals surface area contributed by atoms with E-state index in [1.807, 2.05) is 30.3 Å². The Bertz CT molecular complexity index is 762. The first-order chi connectivity index (χ1) is 12.3. The van der Waals surface area contributed by atoms with E-state index in [4.69, 9.17) is 14.7 Å². The van der Waals surface area contributed by atoms with Crippen LogP contribution in [0.2, 0.25) is 0 Å². The van der Waals surface area contributed by atoms with Crippen LogP contribution in [0.25, 0.3) is 0 Å². The van der Waals surface area contributed by atoms with Crippen molar-refractivity contribution in [3.8, 4) is 11.8 Å². The number of ether oxygens (including phenoxy) is 2. The molecule has 0 unspecified atom stereocenters. The lowest BCUT2D eigenvalue weighted by Gasteiger charge is -2.30. The van der Waals surface area contributed by atoms with Gasteiger partial charge in [-0.05, 0) is 36.4 Å². The number of hydrogen-bond acceptors (Lipinski definition) is 5. The van der Waals surface area contributed by atoms with Crippen molar-refractivity contribution in [2.24, 2.45) is 0 Å². The van der Waals surface area contributed by atoms with E-state index in [0.29, 0.717) is 24.5 Å². The largest absolute Gasteiger partial charge is 0.484 e. The highest BCUT2D eigenvalue weighted by Gasteiger charge is 2.15. The lowest BCUT2D eigenvalue weighted by Crippen LogP contribution is -2.36. The number of nitriles is 1. The molecule has 2 aromatic rings. The first-order valence-corrected chi connectivity index (χ1v) is 8.11. The van der Waals surface area contributed by atoms with Gasteiger partial charge in [0.1, 0.15) is 5.75 Å². The van der Waals surface area contributed by atoms with E-state index in [-0.39, 0.29) is 12.5 Å². The maximum absolute atomic E-state index is 12.2. The van der Waals surface area contributed by atoms with Crippen LogP contribution < -0.4 is 15.0 Å². The topological polar surface area (TPSA) is 74.6 Å². The normalized spacial score (nSPS) is 13.8. The number of anilines is 2. The van der Waals surface area contributed by atoms with Crippen molar-refractivity contribution < 1.29 is 14.3 Å². The van der Waals surface area contributed by atoms with Crippen LogP contribution in [0.15, 0.2) is 48.5 Å². The van der Waals surface area contributed by atoms with E-state index in [1.165, 1.54) is 0 Å². The highest BCUT2D eigenvalue weighted by Crippen LogP contribution is 2.26. The van der Waals surface area contributed by atoms with Crippen LogP contribution in [0.1, 0.15) is 5.56 Å². The Kier molecular flexibility index (Phi) is 5.50. The summed E-state index contributed by atoms with van der Waals surface area (Å²) in [6.07, 6.45) is 0. The van der Waals surface area contributed by atoms with E-state index in [2.05, 4.69) is 10.2 Å². The Morgan fingerprint density at radius 2 is 1.88 bits per heavy atom. The van der Waals surface area contributed by atoms with Gasteiger partial charge in [0.05, 0.1) is 36.2 Å². The molecule has 0 aliphatic carbocycles. The molecular formula is C19H19N3O3. The molecule has 0 spiro atoms. The van der Waals surface area contributed by atoms with Crippen molar-refractivity contribution in [3.05, 3.63) is 54.1 Å². The Labute approximate surface area is 146 Å². The van der Waals surface area contributed by atoms with Gasteiger partial charge in [0, 0.05) is 13.1 Å². The molecule has 1 aliphatic rings. The maximum atomic E-state index is 12.2. The number of carbonyl (C=O) groups excluding carboxylic acids is 1. The molecule has 6 heteroatoms. The van der Waals surface area contributed by atoms with Crippen LogP contribution in [0.3, 0.4) is 0 Å². The van der Waals surface area contributed by atoms with Crippen LogP contribution in [0.5, 0.6) is 5.75 Å². The minimum absolute atomic E-state index is 0.0939. The van der Waals surface area contributed by atoms with Gasteiger partial charge in [0.25, 0.3) is 5.91 Å². The first-order valence-electron chi connectivity index (χ1n) is 8.11. The molecule has 1 N–H and O–H groups in total. The molecule has 3 rings (SSSR count). The Morgan fingerprint density at radius 3 is 2.60 bits per heavy atom. The molecule has 25 heavy (non-hydrogen) atoms. The van der Waals surface area contributed by atoms with Gasteiger partial charge in [0.15, 0.2) is 6.61 Å². The molecular weight excluding hydrogens is 318 g/mol. The van der Waals surface area contributed by atoms with E-state index in [0.717, 1.165) is 24.5 Å². The van der Waals surface area contributed by atoms with Gasteiger partial charge in [-0.1, -0.05) is 12.1 Å². The van der Waals surface area contributed by atoms with Crippen molar-refractivity contribution in [2.45, 2.75) is 0 Å². The van der Waals surface area contributed by atoms with Crippen molar-refractivity contribution in [1.29, 1.82) is 5.26 Å². The fourth-order valence-corrected chi connectivity index (χ4v) is 2.62. The minimum atomic E-state index is -0.231. The van der Waals surface area contributed by atoms with Crippen molar-refractivity contribution in [2.75, 3.05) is 43.1 Å². The van der Waals surface area contributed by atoms with Crippen LogP contribution in [0.4, 0.5) is 11.4 Å². The highest BCUT2D eigenvalue weighted by atomic mass is 16.5. The number of rotatable bonds is 5. The van der Waals surface area contributed by atoms with Gasteiger partial charge in [-0.25, -0.2) is 0 Å². The lowest BCUT2D eigenvalue weighted by atomic mass is 10.2. The Morgan fingerprint density at radius 1 is 1.16 bits per heavy atom. The zero-order valence-electron chi connectivity index (χ0n) is 13.8. The average molecular weight is 337 g/mol. The van der Waals surface area contributed by atoms with Crippen LogP contribution in [-0.4, -0.2) is 38.8 Å². The van der Waals surface area contributed by atoms with Crippen LogP contribution in [-0.2, 0) is 9.53 Å². The standard InChI is InChI=1S/C19H19N3O3/c20-13-15-5-7-16(8-6-15)25-14-19(23)21-17-3-1-2-4-18(17)22-9-11-24-12-10-22/h1-8H,9-12,14H2,(H,21,23). The molecule has 1 aliphatic heterocycles. The van der Waals surface area contributed by atoms with Crippen LogP contribution >= 0.6 is 0 Å². The molecule has 1 fully saturated rings. The quantitative estimate of drug-likeness (QED) is 0.907. The fourth-order valence-electron chi connectivity index (χ4n) is 2.62.